The normalized spacial score (nSPS) is 11.7. The summed E-state index contributed by atoms with van der Waals surface area (Å²) in [6, 6.07) is 16.7. The molecule has 5 nitrogen and oxygen atoms in total. The number of nitrogens with one attached hydrogen (secondary N) is 1. The third-order valence-corrected chi connectivity index (χ3v) is 4.84. The predicted molar refractivity (Wildman–Crippen MR) is 110 cm³/mol. The smallest absolute Gasteiger partial charge is 0.259 e. The van der Waals surface area contributed by atoms with Crippen LogP contribution in [0.2, 0.25) is 5.15 Å². The van der Waals surface area contributed by atoms with Crippen LogP contribution < -0.4 is 5.56 Å². The van der Waals surface area contributed by atoms with E-state index >= 15 is 0 Å². The molecule has 1 N–H and O–H groups in total. The highest BCUT2D eigenvalue weighted by atomic mass is 79.9. The number of para-hydroxylation sites is 1. The molecule has 0 atom stereocenters. The van der Waals surface area contributed by atoms with Crippen LogP contribution >= 0.6 is 27.5 Å². The van der Waals surface area contributed by atoms with Gasteiger partial charge in [-0.1, -0.05) is 45.7 Å². The Balaban J connectivity index is 1.89. The minimum absolute atomic E-state index is 0.182. The topological polar surface area (TPSA) is 82.4 Å². The highest BCUT2D eigenvalue weighted by Crippen LogP contribution is 2.25. The second kappa shape index (κ2) is 6.95. The molecule has 7 heteroatoms. The van der Waals surface area contributed by atoms with Crippen molar-refractivity contribution >= 4 is 61.0 Å². The van der Waals surface area contributed by atoms with E-state index in [1.165, 1.54) is 0 Å². The van der Waals surface area contributed by atoms with E-state index in [0.717, 1.165) is 15.4 Å². The molecule has 130 valence electrons. The van der Waals surface area contributed by atoms with Gasteiger partial charge in [0.15, 0.2) is 5.82 Å². The summed E-state index contributed by atoms with van der Waals surface area (Å²) >= 11 is 9.61. The number of nitriles is 1. The van der Waals surface area contributed by atoms with Gasteiger partial charge < -0.3 is 4.98 Å². The second-order valence-electron chi connectivity index (χ2n) is 5.81. The van der Waals surface area contributed by atoms with E-state index in [1.54, 1.807) is 24.3 Å². The lowest BCUT2D eigenvalue weighted by molar-refractivity contribution is 1.13. The van der Waals surface area contributed by atoms with Crippen LogP contribution in [0.25, 0.3) is 33.5 Å². The Kier molecular flexibility index (Phi) is 4.48. The number of rotatable bonds is 2. The second-order valence-corrected chi connectivity index (χ2v) is 7.08. The average Bonchev–Trinajstić information content (AvgIpc) is 2.66. The molecule has 2 aromatic carbocycles. The number of aromatic nitrogens is 3. The first-order chi connectivity index (χ1) is 13.0. The van der Waals surface area contributed by atoms with Crippen molar-refractivity contribution in [1.82, 2.24) is 15.0 Å². The van der Waals surface area contributed by atoms with Gasteiger partial charge in [-0.05, 0) is 36.4 Å². The molecule has 0 spiro atoms. The van der Waals surface area contributed by atoms with Crippen molar-refractivity contribution in [3.05, 3.63) is 79.9 Å². The van der Waals surface area contributed by atoms with E-state index < -0.39 is 0 Å². The van der Waals surface area contributed by atoms with Crippen molar-refractivity contribution in [2.24, 2.45) is 0 Å². The largest absolute Gasteiger partial charge is 0.305 e. The fraction of sp³-hybridized carbons (Fsp3) is 0. The summed E-state index contributed by atoms with van der Waals surface area (Å²) in [6.07, 6.45) is 1.57. The van der Waals surface area contributed by atoms with Gasteiger partial charge in [0.1, 0.15) is 11.2 Å². The third-order valence-electron chi connectivity index (χ3n) is 4.05. The molecule has 0 aliphatic heterocycles. The van der Waals surface area contributed by atoms with E-state index in [1.807, 2.05) is 30.3 Å². The monoisotopic (exact) mass is 436 g/mol. The number of hydrogen-bond donors (Lipinski definition) is 1. The fourth-order valence-electron chi connectivity index (χ4n) is 2.76. The van der Waals surface area contributed by atoms with Crippen LogP contribution in [0.1, 0.15) is 11.4 Å². The summed E-state index contributed by atoms with van der Waals surface area (Å²) in [5.41, 5.74) is 1.71. The Morgan fingerprint density at radius 3 is 2.78 bits per heavy atom. The minimum Gasteiger partial charge on any atom is -0.305 e. The molecular weight excluding hydrogens is 428 g/mol. The maximum absolute atomic E-state index is 12.4. The molecule has 0 bridgehead atoms. The van der Waals surface area contributed by atoms with E-state index in [4.69, 9.17) is 11.6 Å². The van der Waals surface area contributed by atoms with Gasteiger partial charge >= 0.3 is 0 Å². The summed E-state index contributed by atoms with van der Waals surface area (Å²) in [6.45, 7) is 0. The first kappa shape index (κ1) is 17.4. The first-order valence-corrected chi connectivity index (χ1v) is 9.09. The Morgan fingerprint density at radius 1 is 1.15 bits per heavy atom. The van der Waals surface area contributed by atoms with Crippen LogP contribution in [-0.4, -0.2) is 15.0 Å². The molecule has 0 radical (unpaired) electrons. The molecule has 4 aromatic rings. The summed E-state index contributed by atoms with van der Waals surface area (Å²) in [5.74, 6) is 0.182. The lowest BCUT2D eigenvalue weighted by Gasteiger charge is -2.05. The number of hydrogen-bond acceptors (Lipinski definition) is 4. The molecule has 0 unspecified atom stereocenters. The van der Waals surface area contributed by atoms with Crippen LogP contribution in [0.15, 0.2) is 57.8 Å². The van der Waals surface area contributed by atoms with E-state index in [-0.39, 0.29) is 22.1 Å². The molecule has 4 rings (SSSR count). The van der Waals surface area contributed by atoms with Crippen LogP contribution in [-0.2, 0) is 0 Å². The Bertz CT molecular complexity index is 1340. The highest BCUT2D eigenvalue weighted by molar-refractivity contribution is 9.10. The molecule has 2 aromatic heterocycles. The molecule has 2 heterocycles. The molecule has 0 saturated carbocycles. The van der Waals surface area contributed by atoms with Gasteiger partial charge in [-0.3, -0.25) is 4.79 Å². The SMILES string of the molecule is N#C/C(=C\c1cc2ccccc2nc1Cl)c1nc2ccc(Br)cc2c(=O)[nH]1. The fourth-order valence-corrected chi connectivity index (χ4v) is 3.32. The van der Waals surface area contributed by atoms with Crippen molar-refractivity contribution in [2.45, 2.75) is 0 Å². The van der Waals surface area contributed by atoms with Crippen LogP contribution in [0, 0.1) is 11.3 Å². The molecule has 0 fully saturated rings. The molecule has 0 aliphatic carbocycles. The van der Waals surface area contributed by atoms with Gasteiger partial charge in [-0.2, -0.15) is 5.26 Å². The highest BCUT2D eigenvalue weighted by Gasteiger charge is 2.11. The Labute approximate surface area is 167 Å². The number of benzene rings is 2. The first-order valence-electron chi connectivity index (χ1n) is 7.92. The summed E-state index contributed by atoms with van der Waals surface area (Å²) < 4.78 is 0.778. The number of fused-ring (bicyclic) bond motifs is 2. The zero-order chi connectivity index (χ0) is 19.0. The zero-order valence-corrected chi connectivity index (χ0v) is 16.0. The quantitative estimate of drug-likeness (QED) is 0.355. The number of allylic oxidation sites excluding steroid dienone is 1. The van der Waals surface area contributed by atoms with Crippen LogP contribution in [0.4, 0.5) is 0 Å². The molecule has 27 heavy (non-hydrogen) atoms. The molecule has 0 saturated heterocycles. The number of H-pyrrole nitrogens is 1. The molecular formula is C20H10BrClN4O. The number of aromatic amines is 1. The zero-order valence-electron chi connectivity index (χ0n) is 13.7. The van der Waals surface area contributed by atoms with Gasteiger partial charge in [-0.25, -0.2) is 9.97 Å². The van der Waals surface area contributed by atoms with Crippen molar-refractivity contribution in [3.63, 3.8) is 0 Å². The molecule has 0 amide bonds. The standard InChI is InChI=1S/C20H10BrClN4O/c21-14-5-6-17-15(9-14)20(27)26-19(25-17)13(10-23)8-12-7-11-3-1-2-4-16(11)24-18(12)22/h1-9H,(H,25,26,27)/b13-8+. The van der Waals surface area contributed by atoms with E-state index in [0.29, 0.717) is 16.5 Å². The third kappa shape index (κ3) is 3.35. The van der Waals surface area contributed by atoms with Gasteiger partial charge in [0, 0.05) is 15.4 Å². The van der Waals surface area contributed by atoms with Crippen LogP contribution in [0.3, 0.4) is 0 Å². The van der Waals surface area contributed by atoms with Gasteiger partial charge in [0.05, 0.1) is 22.0 Å². The number of pyridine rings is 1. The van der Waals surface area contributed by atoms with Crippen molar-refractivity contribution in [1.29, 1.82) is 5.26 Å². The lowest BCUT2D eigenvalue weighted by atomic mass is 10.1. The summed E-state index contributed by atoms with van der Waals surface area (Å²) in [7, 11) is 0. The van der Waals surface area contributed by atoms with Crippen LogP contribution in [0.5, 0.6) is 0 Å². The van der Waals surface area contributed by atoms with Gasteiger partial charge in [0.2, 0.25) is 0 Å². The van der Waals surface area contributed by atoms with E-state index in [9.17, 15) is 10.1 Å². The van der Waals surface area contributed by atoms with Gasteiger partial charge in [-0.15, -0.1) is 0 Å². The Hall–Kier alpha value is -3.01. The lowest BCUT2D eigenvalue weighted by Crippen LogP contribution is -2.11. The maximum atomic E-state index is 12.4. The van der Waals surface area contributed by atoms with E-state index in [2.05, 4.69) is 37.0 Å². The van der Waals surface area contributed by atoms with Crippen molar-refractivity contribution in [3.8, 4) is 6.07 Å². The molecule has 0 aliphatic rings. The maximum Gasteiger partial charge on any atom is 0.259 e. The number of nitrogens with zero attached hydrogens (tertiary/aromatic N) is 3. The van der Waals surface area contributed by atoms with Crippen molar-refractivity contribution in [2.75, 3.05) is 0 Å². The van der Waals surface area contributed by atoms with Gasteiger partial charge in [0.25, 0.3) is 5.56 Å². The summed E-state index contributed by atoms with van der Waals surface area (Å²) in [5, 5.41) is 11.2. The summed E-state index contributed by atoms with van der Waals surface area (Å²) in [4.78, 5) is 23.8. The average molecular weight is 438 g/mol. The minimum atomic E-state index is -0.319. The number of halogens is 2. The Morgan fingerprint density at radius 2 is 1.96 bits per heavy atom. The predicted octanol–water partition coefficient (Wildman–Crippen LogP) is 4.95. The van der Waals surface area contributed by atoms with Crippen molar-refractivity contribution < 1.29 is 0 Å².